The Balaban J connectivity index is 1.80. The second kappa shape index (κ2) is 9.19. The van der Waals surface area contributed by atoms with Crippen molar-refractivity contribution in [3.63, 3.8) is 0 Å². The molecule has 3 rings (SSSR count). The van der Waals surface area contributed by atoms with Crippen molar-refractivity contribution in [2.75, 3.05) is 7.11 Å². The molecule has 0 spiro atoms. The van der Waals surface area contributed by atoms with Gasteiger partial charge in [-0.1, -0.05) is 34.1 Å². The molecule has 0 heterocycles. The number of para-hydroxylation sites is 1. The lowest BCUT2D eigenvalue weighted by atomic mass is 10.1. The van der Waals surface area contributed by atoms with E-state index < -0.39 is 5.97 Å². The molecule has 0 aliphatic rings. The lowest BCUT2D eigenvalue weighted by molar-refractivity contribution is 0.0697. The predicted molar refractivity (Wildman–Crippen MR) is 112 cm³/mol. The van der Waals surface area contributed by atoms with Gasteiger partial charge in [0.15, 0.2) is 11.5 Å². The number of hydrogen-bond donors (Lipinski definition) is 1. The molecule has 0 radical (unpaired) electrons. The third kappa shape index (κ3) is 4.98. The van der Waals surface area contributed by atoms with E-state index in [-0.39, 0.29) is 12.2 Å². The van der Waals surface area contributed by atoms with E-state index in [1.807, 2.05) is 42.5 Å². The van der Waals surface area contributed by atoms with Gasteiger partial charge in [0, 0.05) is 16.3 Å². The van der Waals surface area contributed by atoms with Crippen LogP contribution in [0.1, 0.15) is 21.5 Å². The molecule has 0 saturated carbocycles. The number of benzene rings is 3. The molecule has 5 nitrogen and oxygen atoms in total. The van der Waals surface area contributed by atoms with E-state index in [4.69, 9.17) is 14.6 Å². The average Bonchev–Trinajstić information content (AvgIpc) is 2.72. The minimum absolute atomic E-state index is 0.239. The molecule has 0 aliphatic carbocycles. The Morgan fingerprint density at radius 3 is 2.43 bits per heavy atom. The van der Waals surface area contributed by atoms with E-state index in [9.17, 15) is 4.79 Å². The van der Waals surface area contributed by atoms with Gasteiger partial charge in [-0.05, 0) is 54.1 Å². The van der Waals surface area contributed by atoms with Crippen molar-refractivity contribution in [1.82, 2.24) is 0 Å². The first-order chi connectivity index (χ1) is 13.6. The quantitative estimate of drug-likeness (QED) is 0.494. The minimum Gasteiger partial charge on any atom is -0.493 e. The molecule has 0 saturated heterocycles. The fraction of sp³-hybridized carbons (Fsp3) is 0.0909. The van der Waals surface area contributed by atoms with Crippen molar-refractivity contribution in [2.45, 2.75) is 6.61 Å². The van der Waals surface area contributed by atoms with E-state index in [0.29, 0.717) is 11.5 Å². The molecule has 28 heavy (non-hydrogen) atoms. The first kappa shape index (κ1) is 19.6. The van der Waals surface area contributed by atoms with E-state index in [1.54, 1.807) is 37.6 Å². The number of aliphatic imine (C=N–C) groups is 1. The predicted octanol–water partition coefficient (Wildman–Crippen LogP) is 5.49. The van der Waals surface area contributed by atoms with Crippen LogP contribution in [0.4, 0.5) is 5.69 Å². The number of methoxy groups -OCH3 is 1. The van der Waals surface area contributed by atoms with Crippen LogP contribution in [-0.4, -0.2) is 24.4 Å². The summed E-state index contributed by atoms with van der Waals surface area (Å²) in [5, 5.41) is 8.99. The van der Waals surface area contributed by atoms with Gasteiger partial charge < -0.3 is 14.6 Å². The second-order valence-corrected chi connectivity index (χ2v) is 6.82. The Morgan fingerprint density at radius 1 is 1.07 bits per heavy atom. The molecular weight excluding hydrogens is 422 g/mol. The summed E-state index contributed by atoms with van der Waals surface area (Å²) in [5.74, 6) is 0.221. The highest BCUT2D eigenvalue weighted by Gasteiger charge is 2.10. The standard InChI is InChI=1S/C22H18BrNO4/c1-27-20-4-2-3-17(13-24-19-11-9-18(23)10-12-19)21(20)28-14-15-5-7-16(8-6-15)22(25)26/h2-13H,14H2,1H3,(H,25,26). The van der Waals surface area contributed by atoms with E-state index in [1.165, 1.54) is 0 Å². The largest absolute Gasteiger partial charge is 0.493 e. The third-order valence-corrected chi connectivity index (χ3v) is 4.52. The Labute approximate surface area is 171 Å². The topological polar surface area (TPSA) is 68.1 Å². The summed E-state index contributed by atoms with van der Waals surface area (Å²) in [5.41, 5.74) is 2.70. The number of rotatable bonds is 7. The van der Waals surface area contributed by atoms with Crippen LogP contribution in [0.25, 0.3) is 0 Å². The van der Waals surface area contributed by atoms with Crippen LogP contribution in [-0.2, 0) is 6.61 Å². The molecule has 142 valence electrons. The monoisotopic (exact) mass is 439 g/mol. The molecule has 0 aliphatic heterocycles. The van der Waals surface area contributed by atoms with Gasteiger partial charge in [-0.2, -0.15) is 0 Å². The summed E-state index contributed by atoms with van der Waals surface area (Å²) < 4.78 is 12.4. The van der Waals surface area contributed by atoms with Crippen molar-refractivity contribution < 1.29 is 19.4 Å². The van der Waals surface area contributed by atoms with Crippen LogP contribution < -0.4 is 9.47 Å². The molecular formula is C22H18BrNO4. The smallest absolute Gasteiger partial charge is 0.335 e. The number of halogens is 1. The number of aromatic carboxylic acids is 1. The molecule has 3 aromatic rings. The van der Waals surface area contributed by atoms with Crippen LogP contribution in [0.15, 0.2) is 76.2 Å². The lowest BCUT2D eigenvalue weighted by Crippen LogP contribution is -2.02. The number of carbonyl (C=O) groups is 1. The van der Waals surface area contributed by atoms with Crippen LogP contribution in [0.2, 0.25) is 0 Å². The molecule has 0 aromatic heterocycles. The van der Waals surface area contributed by atoms with Crippen LogP contribution >= 0.6 is 15.9 Å². The van der Waals surface area contributed by atoms with Gasteiger partial charge in [-0.3, -0.25) is 4.99 Å². The summed E-state index contributed by atoms with van der Waals surface area (Å²) in [4.78, 5) is 15.5. The van der Waals surface area contributed by atoms with Gasteiger partial charge in [-0.15, -0.1) is 0 Å². The summed E-state index contributed by atoms with van der Waals surface area (Å²) in [6.07, 6.45) is 1.73. The van der Waals surface area contributed by atoms with Gasteiger partial charge in [0.1, 0.15) is 6.61 Å². The molecule has 0 bridgehead atoms. The molecule has 3 aromatic carbocycles. The first-order valence-electron chi connectivity index (χ1n) is 8.48. The van der Waals surface area contributed by atoms with E-state index in [2.05, 4.69) is 20.9 Å². The van der Waals surface area contributed by atoms with Gasteiger partial charge >= 0.3 is 5.97 Å². The Morgan fingerprint density at radius 2 is 1.79 bits per heavy atom. The maximum absolute atomic E-state index is 11.0. The number of nitrogens with zero attached hydrogens (tertiary/aromatic N) is 1. The highest BCUT2D eigenvalue weighted by Crippen LogP contribution is 2.31. The highest BCUT2D eigenvalue weighted by molar-refractivity contribution is 9.10. The summed E-state index contributed by atoms with van der Waals surface area (Å²) in [6, 6.07) is 19.8. The van der Waals surface area contributed by atoms with Crippen molar-refractivity contribution in [3.05, 3.63) is 87.9 Å². The minimum atomic E-state index is -0.955. The molecule has 0 amide bonds. The zero-order valence-corrected chi connectivity index (χ0v) is 16.7. The van der Waals surface area contributed by atoms with Crippen molar-refractivity contribution in [2.24, 2.45) is 4.99 Å². The first-order valence-corrected chi connectivity index (χ1v) is 9.28. The fourth-order valence-electron chi connectivity index (χ4n) is 2.52. The maximum Gasteiger partial charge on any atom is 0.335 e. The zero-order valence-electron chi connectivity index (χ0n) is 15.1. The summed E-state index contributed by atoms with van der Waals surface area (Å²) in [7, 11) is 1.58. The normalized spacial score (nSPS) is 10.8. The highest BCUT2D eigenvalue weighted by atomic mass is 79.9. The van der Waals surface area contributed by atoms with Crippen LogP contribution in [0.3, 0.4) is 0 Å². The number of ether oxygens (including phenoxy) is 2. The molecule has 0 fully saturated rings. The van der Waals surface area contributed by atoms with Gasteiger partial charge in [0.25, 0.3) is 0 Å². The van der Waals surface area contributed by atoms with Gasteiger partial charge in [0.05, 0.1) is 18.4 Å². The van der Waals surface area contributed by atoms with E-state index >= 15 is 0 Å². The van der Waals surface area contributed by atoms with Crippen molar-refractivity contribution in [3.8, 4) is 11.5 Å². The van der Waals surface area contributed by atoms with E-state index in [0.717, 1.165) is 21.3 Å². The third-order valence-electron chi connectivity index (χ3n) is 3.99. The summed E-state index contributed by atoms with van der Waals surface area (Å²) >= 11 is 3.41. The number of carboxylic acids is 1. The summed E-state index contributed by atoms with van der Waals surface area (Å²) in [6.45, 7) is 0.277. The average molecular weight is 440 g/mol. The molecule has 1 N–H and O–H groups in total. The molecule has 6 heteroatoms. The molecule has 0 atom stereocenters. The number of hydrogen-bond acceptors (Lipinski definition) is 4. The van der Waals surface area contributed by atoms with Crippen LogP contribution in [0, 0.1) is 0 Å². The Kier molecular flexibility index (Phi) is 6.45. The SMILES string of the molecule is COc1cccc(C=Nc2ccc(Br)cc2)c1OCc1ccc(C(=O)O)cc1. The second-order valence-electron chi connectivity index (χ2n) is 5.90. The zero-order chi connectivity index (χ0) is 19.9. The van der Waals surface area contributed by atoms with Crippen molar-refractivity contribution in [1.29, 1.82) is 0 Å². The van der Waals surface area contributed by atoms with Crippen molar-refractivity contribution >= 4 is 33.8 Å². The Bertz CT molecular complexity index is 982. The Hall–Kier alpha value is -3.12. The van der Waals surface area contributed by atoms with Crippen LogP contribution in [0.5, 0.6) is 11.5 Å². The van der Waals surface area contributed by atoms with Gasteiger partial charge in [-0.25, -0.2) is 4.79 Å². The lowest BCUT2D eigenvalue weighted by Gasteiger charge is -2.13. The van der Waals surface area contributed by atoms with Gasteiger partial charge in [0.2, 0.25) is 0 Å². The molecule has 0 unspecified atom stereocenters. The maximum atomic E-state index is 11.0. The fourth-order valence-corrected chi connectivity index (χ4v) is 2.78. The number of carboxylic acid groups (broad SMARTS) is 1.